The Morgan fingerprint density at radius 2 is 1.88 bits per heavy atom. The Bertz CT molecular complexity index is 824. The van der Waals surface area contributed by atoms with E-state index in [1.54, 1.807) is 11.3 Å². The molecule has 0 unspecified atom stereocenters. The number of nitrogens with zero attached hydrogens (tertiary/aromatic N) is 2. The SMILES string of the molecule is N#CC(=C1CCCCC1)c1nc(-c2ccc3c(c2)OCCO3)cs1. The monoisotopic (exact) mass is 338 g/mol. The number of benzene rings is 1. The van der Waals surface area contributed by atoms with Crippen LogP contribution in [0.3, 0.4) is 0 Å². The summed E-state index contributed by atoms with van der Waals surface area (Å²) >= 11 is 1.54. The summed E-state index contributed by atoms with van der Waals surface area (Å²) in [5.41, 5.74) is 3.93. The van der Waals surface area contributed by atoms with Gasteiger partial charge in [-0.3, -0.25) is 0 Å². The van der Waals surface area contributed by atoms with Crippen LogP contribution in [0.1, 0.15) is 37.1 Å². The lowest BCUT2D eigenvalue weighted by Gasteiger charge is -2.18. The van der Waals surface area contributed by atoms with Crippen LogP contribution < -0.4 is 9.47 Å². The van der Waals surface area contributed by atoms with Crippen LogP contribution in [0.5, 0.6) is 11.5 Å². The van der Waals surface area contributed by atoms with Gasteiger partial charge in [-0.15, -0.1) is 11.3 Å². The van der Waals surface area contributed by atoms with Gasteiger partial charge in [-0.25, -0.2) is 4.98 Å². The van der Waals surface area contributed by atoms with E-state index in [-0.39, 0.29) is 0 Å². The number of aromatic nitrogens is 1. The third kappa shape index (κ3) is 2.90. The van der Waals surface area contributed by atoms with Crippen LogP contribution in [0.4, 0.5) is 0 Å². The Balaban J connectivity index is 1.66. The highest BCUT2D eigenvalue weighted by atomic mass is 32.1. The number of rotatable bonds is 2. The molecule has 0 atom stereocenters. The summed E-state index contributed by atoms with van der Waals surface area (Å²) in [7, 11) is 0. The molecule has 4 rings (SSSR count). The molecular formula is C19H18N2O2S. The van der Waals surface area contributed by atoms with Crippen molar-refractivity contribution in [3.05, 3.63) is 34.2 Å². The highest BCUT2D eigenvalue weighted by Crippen LogP contribution is 2.37. The van der Waals surface area contributed by atoms with E-state index in [0.717, 1.165) is 46.2 Å². The van der Waals surface area contributed by atoms with Gasteiger partial charge in [-0.05, 0) is 49.5 Å². The van der Waals surface area contributed by atoms with Gasteiger partial charge < -0.3 is 9.47 Å². The lowest BCUT2D eigenvalue weighted by atomic mass is 9.91. The highest BCUT2D eigenvalue weighted by molar-refractivity contribution is 7.11. The minimum Gasteiger partial charge on any atom is -0.486 e. The number of ether oxygens (including phenoxy) is 2. The summed E-state index contributed by atoms with van der Waals surface area (Å²) in [6, 6.07) is 8.27. The number of nitriles is 1. The zero-order chi connectivity index (χ0) is 16.4. The van der Waals surface area contributed by atoms with Gasteiger partial charge in [0.15, 0.2) is 11.5 Å². The van der Waals surface area contributed by atoms with Crippen LogP contribution in [-0.4, -0.2) is 18.2 Å². The summed E-state index contributed by atoms with van der Waals surface area (Å²) in [4.78, 5) is 4.72. The van der Waals surface area contributed by atoms with E-state index in [4.69, 9.17) is 14.5 Å². The molecule has 2 heterocycles. The first-order chi connectivity index (χ1) is 11.8. The van der Waals surface area contributed by atoms with Crippen molar-refractivity contribution >= 4 is 16.9 Å². The van der Waals surface area contributed by atoms with E-state index in [0.29, 0.717) is 13.2 Å². The zero-order valence-corrected chi connectivity index (χ0v) is 14.2. The minimum absolute atomic E-state index is 0.573. The van der Waals surface area contributed by atoms with Gasteiger partial charge >= 0.3 is 0 Å². The molecule has 122 valence electrons. The molecule has 0 bridgehead atoms. The molecule has 0 radical (unpaired) electrons. The first-order valence-electron chi connectivity index (χ1n) is 8.33. The fourth-order valence-corrected chi connectivity index (χ4v) is 4.10. The van der Waals surface area contributed by atoms with Crippen molar-refractivity contribution in [2.75, 3.05) is 13.2 Å². The van der Waals surface area contributed by atoms with E-state index in [2.05, 4.69) is 6.07 Å². The molecule has 0 N–H and O–H groups in total. The second-order valence-corrected chi connectivity index (χ2v) is 6.91. The first-order valence-corrected chi connectivity index (χ1v) is 9.21. The van der Waals surface area contributed by atoms with Crippen LogP contribution in [0.25, 0.3) is 16.8 Å². The van der Waals surface area contributed by atoms with Gasteiger partial charge in [0.05, 0.1) is 11.3 Å². The van der Waals surface area contributed by atoms with Gasteiger partial charge in [0.25, 0.3) is 0 Å². The maximum Gasteiger partial charge on any atom is 0.162 e. The van der Waals surface area contributed by atoms with Gasteiger partial charge in [0, 0.05) is 10.9 Å². The number of hydrogen-bond donors (Lipinski definition) is 0. The zero-order valence-electron chi connectivity index (χ0n) is 13.4. The van der Waals surface area contributed by atoms with Gasteiger partial charge in [0.1, 0.15) is 24.3 Å². The Morgan fingerprint density at radius 1 is 1.08 bits per heavy atom. The Kier molecular flexibility index (Phi) is 4.22. The van der Waals surface area contributed by atoms with E-state index in [1.807, 2.05) is 23.6 Å². The van der Waals surface area contributed by atoms with Crippen LogP contribution in [0.2, 0.25) is 0 Å². The highest BCUT2D eigenvalue weighted by Gasteiger charge is 2.17. The average molecular weight is 338 g/mol. The Labute approximate surface area is 145 Å². The molecule has 1 fully saturated rings. The molecule has 1 saturated carbocycles. The second kappa shape index (κ2) is 6.66. The number of fused-ring (bicyclic) bond motifs is 1. The molecule has 24 heavy (non-hydrogen) atoms. The van der Waals surface area contributed by atoms with E-state index in [9.17, 15) is 5.26 Å². The Hall–Kier alpha value is -2.32. The summed E-state index contributed by atoms with van der Waals surface area (Å²) in [6.45, 7) is 1.16. The third-order valence-electron chi connectivity index (χ3n) is 4.48. The second-order valence-electron chi connectivity index (χ2n) is 6.05. The van der Waals surface area contributed by atoms with E-state index >= 15 is 0 Å². The van der Waals surface area contributed by atoms with Crippen LogP contribution in [0, 0.1) is 11.3 Å². The fourth-order valence-electron chi connectivity index (χ4n) is 3.23. The quantitative estimate of drug-likeness (QED) is 0.737. The molecule has 1 aromatic carbocycles. The normalized spacial score (nSPS) is 16.5. The van der Waals surface area contributed by atoms with Crippen molar-refractivity contribution in [1.82, 2.24) is 4.98 Å². The molecule has 5 heteroatoms. The molecule has 4 nitrogen and oxygen atoms in total. The van der Waals surface area contributed by atoms with Gasteiger partial charge in [-0.2, -0.15) is 5.26 Å². The summed E-state index contributed by atoms with van der Waals surface area (Å²) < 4.78 is 11.2. The number of allylic oxidation sites excluding steroid dienone is 2. The number of hydrogen-bond acceptors (Lipinski definition) is 5. The fraction of sp³-hybridized carbons (Fsp3) is 0.368. The standard InChI is InChI=1S/C19H18N2O2S/c20-11-15(13-4-2-1-3-5-13)19-21-16(12-24-19)14-6-7-17-18(10-14)23-9-8-22-17/h6-7,10,12H,1-5,8-9H2. The molecule has 2 aromatic rings. The van der Waals surface area contributed by atoms with Crippen molar-refractivity contribution < 1.29 is 9.47 Å². The summed E-state index contributed by atoms with van der Waals surface area (Å²) in [5.74, 6) is 1.54. The maximum atomic E-state index is 9.59. The Morgan fingerprint density at radius 3 is 2.67 bits per heavy atom. The summed E-state index contributed by atoms with van der Waals surface area (Å²) in [5, 5.41) is 12.4. The van der Waals surface area contributed by atoms with E-state index in [1.165, 1.54) is 24.8 Å². The van der Waals surface area contributed by atoms with Gasteiger partial charge in [-0.1, -0.05) is 6.42 Å². The smallest absolute Gasteiger partial charge is 0.162 e. The molecule has 2 aliphatic rings. The van der Waals surface area contributed by atoms with Gasteiger partial charge in [0.2, 0.25) is 0 Å². The lowest BCUT2D eigenvalue weighted by molar-refractivity contribution is 0.171. The van der Waals surface area contributed by atoms with Crippen LogP contribution >= 0.6 is 11.3 Å². The van der Waals surface area contributed by atoms with Crippen molar-refractivity contribution in [2.24, 2.45) is 0 Å². The first kappa shape index (κ1) is 15.2. The third-order valence-corrected chi connectivity index (χ3v) is 5.34. The molecule has 0 amide bonds. The predicted molar refractivity (Wildman–Crippen MR) is 94.2 cm³/mol. The van der Waals surface area contributed by atoms with Crippen molar-refractivity contribution in [3.63, 3.8) is 0 Å². The summed E-state index contributed by atoms with van der Waals surface area (Å²) in [6.07, 6.45) is 5.69. The van der Waals surface area contributed by atoms with Crippen molar-refractivity contribution in [1.29, 1.82) is 5.26 Å². The molecule has 0 spiro atoms. The average Bonchev–Trinajstić information content (AvgIpc) is 3.13. The molecular weight excluding hydrogens is 320 g/mol. The minimum atomic E-state index is 0.573. The van der Waals surface area contributed by atoms with Crippen LogP contribution in [0.15, 0.2) is 29.2 Å². The van der Waals surface area contributed by atoms with Crippen molar-refractivity contribution in [2.45, 2.75) is 32.1 Å². The largest absolute Gasteiger partial charge is 0.486 e. The lowest BCUT2D eigenvalue weighted by Crippen LogP contribution is -2.15. The predicted octanol–water partition coefficient (Wildman–Crippen LogP) is 4.82. The van der Waals surface area contributed by atoms with E-state index < -0.39 is 0 Å². The topological polar surface area (TPSA) is 55.1 Å². The molecule has 1 aromatic heterocycles. The number of thiazole rings is 1. The maximum absolute atomic E-state index is 9.59. The molecule has 0 saturated heterocycles. The molecule has 1 aliphatic carbocycles. The van der Waals surface area contributed by atoms with Crippen LogP contribution in [-0.2, 0) is 0 Å². The van der Waals surface area contributed by atoms with Crippen molar-refractivity contribution in [3.8, 4) is 28.8 Å². The molecule has 1 aliphatic heterocycles.